The quantitative estimate of drug-likeness (QED) is 0.297. The van der Waals surface area contributed by atoms with E-state index in [9.17, 15) is 35.5 Å². The van der Waals surface area contributed by atoms with Gasteiger partial charge in [0, 0.05) is 24.6 Å². The largest absolute Gasteiger partial charge is 0.416 e. The third-order valence-electron chi connectivity index (χ3n) is 7.46. The van der Waals surface area contributed by atoms with Gasteiger partial charge in [-0.25, -0.2) is 4.39 Å². The smallest absolute Gasteiger partial charge is 0.368 e. The van der Waals surface area contributed by atoms with Gasteiger partial charge in [-0.1, -0.05) is 42.5 Å². The van der Waals surface area contributed by atoms with E-state index in [0.717, 1.165) is 11.1 Å². The van der Waals surface area contributed by atoms with Crippen molar-refractivity contribution in [3.63, 3.8) is 0 Å². The standard InChI is InChI=1S/C30H24F7NO2/c1-17(20-11-22(29(32,33)34)15-23(12-20)30(35,36)37)40-26-16-38-25(28(26)19-7-9-24(31)10-8-19)13-21(14-27(38)39)18-5-3-2-4-6-18/h2-12,14-15,17,25-26,28H,13,16H2,1H3/t17-,25?,26?,28+/m1/s1. The van der Waals surface area contributed by atoms with Crippen LogP contribution in [0, 0.1) is 5.82 Å². The fourth-order valence-electron chi connectivity index (χ4n) is 5.55. The lowest BCUT2D eigenvalue weighted by Gasteiger charge is -2.33. The molecule has 2 unspecified atom stereocenters. The molecule has 2 aliphatic rings. The molecule has 1 fully saturated rings. The second-order valence-electron chi connectivity index (χ2n) is 10.0. The van der Waals surface area contributed by atoms with E-state index in [4.69, 9.17) is 4.74 Å². The molecule has 3 aromatic rings. The van der Waals surface area contributed by atoms with E-state index in [2.05, 4.69) is 0 Å². The van der Waals surface area contributed by atoms with Crippen molar-refractivity contribution >= 4 is 11.5 Å². The van der Waals surface area contributed by atoms with Crippen molar-refractivity contribution < 1.29 is 40.3 Å². The highest BCUT2D eigenvalue weighted by Crippen LogP contribution is 2.45. The maximum Gasteiger partial charge on any atom is 0.416 e. The number of fused-ring (bicyclic) bond motifs is 1. The predicted octanol–water partition coefficient (Wildman–Crippen LogP) is 7.79. The van der Waals surface area contributed by atoms with Gasteiger partial charge in [-0.05, 0) is 65.9 Å². The lowest BCUT2D eigenvalue weighted by Crippen LogP contribution is -2.39. The molecule has 4 atom stereocenters. The van der Waals surface area contributed by atoms with Crippen molar-refractivity contribution in [1.29, 1.82) is 0 Å². The molecule has 3 aromatic carbocycles. The van der Waals surface area contributed by atoms with Gasteiger partial charge in [-0.2, -0.15) is 26.3 Å². The number of halogens is 7. The maximum atomic E-state index is 13.8. The summed E-state index contributed by atoms with van der Waals surface area (Å²) in [4.78, 5) is 14.8. The Kier molecular flexibility index (Phi) is 7.24. The van der Waals surface area contributed by atoms with E-state index in [1.807, 2.05) is 30.3 Å². The summed E-state index contributed by atoms with van der Waals surface area (Å²) >= 11 is 0. The van der Waals surface area contributed by atoms with Crippen molar-refractivity contribution in [2.24, 2.45) is 0 Å². The van der Waals surface area contributed by atoms with Crippen molar-refractivity contribution in [2.45, 2.75) is 49.9 Å². The third kappa shape index (κ3) is 5.63. The summed E-state index contributed by atoms with van der Waals surface area (Å²) in [6, 6.07) is 15.9. The first kappa shape index (κ1) is 27.9. The van der Waals surface area contributed by atoms with E-state index in [1.165, 1.54) is 25.1 Å². The lowest BCUT2D eigenvalue weighted by atomic mass is 9.83. The van der Waals surface area contributed by atoms with Gasteiger partial charge < -0.3 is 9.64 Å². The molecule has 2 heterocycles. The predicted molar refractivity (Wildman–Crippen MR) is 133 cm³/mol. The summed E-state index contributed by atoms with van der Waals surface area (Å²) in [5.41, 5.74) is -0.861. The van der Waals surface area contributed by atoms with Crippen LogP contribution in [0.5, 0.6) is 0 Å². The van der Waals surface area contributed by atoms with Crippen LogP contribution in [0.25, 0.3) is 5.57 Å². The first-order valence-corrected chi connectivity index (χ1v) is 12.6. The van der Waals surface area contributed by atoms with Crippen molar-refractivity contribution in [3.8, 4) is 0 Å². The van der Waals surface area contributed by atoms with Crippen LogP contribution in [0.4, 0.5) is 30.7 Å². The summed E-state index contributed by atoms with van der Waals surface area (Å²) in [6.45, 7) is 1.45. The Labute approximate surface area is 225 Å². The number of hydrogen-bond donors (Lipinski definition) is 0. The SMILES string of the molecule is C[C@@H](OC1CN2C(=O)C=C(c3ccccc3)CC2[C@@H]1c1ccc(F)cc1)c1cc(C(F)(F)F)cc(C(F)(F)F)c1. The van der Waals surface area contributed by atoms with E-state index in [1.54, 1.807) is 17.0 Å². The van der Waals surface area contributed by atoms with Gasteiger partial charge in [0.05, 0.1) is 23.3 Å². The average molecular weight is 564 g/mol. The summed E-state index contributed by atoms with van der Waals surface area (Å²) in [5.74, 6) is -1.26. The minimum Gasteiger partial charge on any atom is -0.368 e. The number of rotatable bonds is 5. The van der Waals surface area contributed by atoms with Gasteiger partial charge in [0.1, 0.15) is 5.82 Å². The van der Waals surface area contributed by atoms with E-state index in [0.29, 0.717) is 24.1 Å². The van der Waals surface area contributed by atoms with Crippen LogP contribution in [-0.2, 0) is 21.9 Å². The topological polar surface area (TPSA) is 29.5 Å². The Balaban J connectivity index is 1.49. The Hall–Kier alpha value is -3.66. The zero-order chi connectivity index (χ0) is 28.8. The van der Waals surface area contributed by atoms with Crippen LogP contribution < -0.4 is 0 Å². The lowest BCUT2D eigenvalue weighted by molar-refractivity contribution is -0.143. The number of amides is 1. The molecule has 0 aliphatic carbocycles. The molecule has 1 amide bonds. The molecule has 10 heteroatoms. The number of nitrogens with zero attached hydrogens (tertiary/aromatic N) is 1. The third-order valence-corrected chi connectivity index (χ3v) is 7.46. The minimum absolute atomic E-state index is 0.0690. The fourth-order valence-corrected chi connectivity index (χ4v) is 5.55. The second-order valence-corrected chi connectivity index (χ2v) is 10.0. The molecule has 210 valence electrons. The van der Waals surface area contributed by atoms with Crippen LogP contribution >= 0.6 is 0 Å². The summed E-state index contributed by atoms with van der Waals surface area (Å²) in [7, 11) is 0. The van der Waals surface area contributed by atoms with Gasteiger partial charge in [0.25, 0.3) is 0 Å². The highest BCUT2D eigenvalue weighted by Gasteiger charge is 2.48. The molecule has 0 N–H and O–H groups in total. The number of hydrogen-bond acceptors (Lipinski definition) is 2. The molecule has 0 saturated carbocycles. The van der Waals surface area contributed by atoms with Crippen LogP contribution in [0.2, 0.25) is 0 Å². The van der Waals surface area contributed by atoms with Crippen LogP contribution in [0.15, 0.2) is 78.9 Å². The molecule has 40 heavy (non-hydrogen) atoms. The highest BCUT2D eigenvalue weighted by molar-refractivity contribution is 5.97. The van der Waals surface area contributed by atoms with Crippen molar-refractivity contribution in [3.05, 3.63) is 113 Å². The first-order chi connectivity index (χ1) is 18.8. The molecule has 2 aliphatic heterocycles. The zero-order valence-electron chi connectivity index (χ0n) is 21.1. The fraction of sp³-hybridized carbons (Fsp3) is 0.300. The Bertz CT molecular complexity index is 1380. The van der Waals surface area contributed by atoms with Gasteiger partial charge in [-0.15, -0.1) is 0 Å². The monoisotopic (exact) mass is 563 g/mol. The average Bonchev–Trinajstić information content (AvgIpc) is 3.26. The molecule has 0 bridgehead atoms. The zero-order valence-corrected chi connectivity index (χ0v) is 21.1. The normalized spacial score (nSPS) is 22.2. The number of ether oxygens (including phenoxy) is 1. The number of carbonyl (C=O) groups is 1. The number of alkyl halides is 6. The van der Waals surface area contributed by atoms with Crippen LogP contribution in [0.3, 0.4) is 0 Å². The molecule has 1 saturated heterocycles. The summed E-state index contributed by atoms with van der Waals surface area (Å²) < 4.78 is 101. The van der Waals surface area contributed by atoms with E-state index in [-0.39, 0.29) is 24.1 Å². The molecular weight excluding hydrogens is 539 g/mol. The van der Waals surface area contributed by atoms with Crippen molar-refractivity contribution in [2.75, 3.05) is 6.54 Å². The van der Waals surface area contributed by atoms with Gasteiger partial charge in [0.15, 0.2) is 0 Å². The second kappa shape index (κ2) is 10.4. The van der Waals surface area contributed by atoms with E-state index < -0.39 is 53.5 Å². The molecule has 3 nitrogen and oxygen atoms in total. The molecule has 5 rings (SSSR count). The molecular formula is C30H24F7NO2. The number of carbonyl (C=O) groups excluding carboxylic acids is 1. The Morgan fingerprint density at radius 3 is 2.05 bits per heavy atom. The van der Waals surface area contributed by atoms with Gasteiger partial charge in [0.2, 0.25) is 5.91 Å². The highest BCUT2D eigenvalue weighted by atomic mass is 19.4. The van der Waals surface area contributed by atoms with Crippen molar-refractivity contribution in [1.82, 2.24) is 4.90 Å². The summed E-state index contributed by atoms with van der Waals surface area (Å²) in [6.07, 6.45) is -9.97. The maximum absolute atomic E-state index is 13.8. The summed E-state index contributed by atoms with van der Waals surface area (Å²) in [5, 5.41) is 0. The molecule has 0 radical (unpaired) electrons. The minimum atomic E-state index is -4.99. The van der Waals surface area contributed by atoms with Gasteiger partial charge >= 0.3 is 12.4 Å². The number of benzene rings is 3. The van der Waals surface area contributed by atoms with E-state index >= 15 is 0 Å². The first-order valence-electron chi connectivity index (χ1n) is 12.6. The van der Waals surface area contributed by atoms with Crippen LogP contribution in [-0.4, -0.2) is 29.5 Å². The Morgan fingerprint density at radius 1 is 0.875 bits per heavy atom. The molecule has 0 spiro atoms. The Morgan fingerprint density at radius 2 is 1.48 bits per heavy atom. The van der Waals surface area contributed by atoms with Crippen LogP contribution in [0.1, 0.15) is 53.2 Å². The van der Waals surface area contributed by atoms with Gasteiger partial charge in [-0.3, -0.25) is 4.79 Å². The molecule has 0 aromatic heterocycles.